The first-order valence-corrected chi connectivity index (χ1v) is 4.80. The molecule has 1 aliphatic rings. The van der Waals surface area contributed by atoms with Crippen molar-refractivity contribution in [1.29, 1.82) is 5.26 Å². The number of thiocyanates is 1. The average Bonchev–Trinajstić information content (AvgIpc) is 2.19. The summed E-state index contributed by atoms with van der Waals surface area (Å²) in [6, 6.07) is 0. The SMILES string of the molecule is N#CSC=CC(=O)N1CCOCC1. The predicted octanol–water partition coefficient (Wildman–Crippen LogP) is 0.573. The number of nitriles is 1. The van der Waals surface area contributed by atoms with Gasteiger partial charge in [0.25, 0.3) is 0 Å². The highest BCUT2D eigenvalue weighted by molar-refractivity contribution is 8.06. The molecular formula is C8H10N2O2S. The maximum atomic E-state index is 11.3. The van der Waals surface area contributed by atoms with Crippen LogP contribution in [0.15, 0.2) is 11.5 Å². The van der Waals surface area contributed by atoms with Crippen molar-refractivity contribution in [3.63, 3.8) is 0 Å². The molecule has 0 saturated carbocycles. The molecular weight excluding hydrogens is 188 g/mol. The molecule has 0 N–H and O–H groups in total. The van der Waals surface area contributed by atoms with Crippen LogP contribution in [0, 0.1) is 10.7 Å². The van der Waals surface area contributed by atoms with Crippen LogP contribution < -0.4 is 0 Å². The summed E-state index contributed by atoms with van der Waals surface area (Å²) in [7, 11) is 0. The van der Waals surface area contributed by atoms with Crippen molar-refractivity contribution >= 4 is 17.7 Å². The first-order chi connectivity index (χ1) is 6.34. The van der Waals surface area contributed by atoms with E-state index in [0.29, 0.717) is 26.3 Å². The number of hydrogen-bond donors (Lipinski definition) is 0. The minimum absolute atomic E-state index is 0.0500. The normalized spacial score (nSPS) is 17.3. The summed E-state index contributed by atoms with van der Waals surface area (Å²) >= 11 is 0.947. The molecule has 1 amide bonds. The van der Waals surface area contributed by atoms with Gasteiger partial charge in [-0.05, 0) is 17.2 Å². The zero-order valence-corrected chi connectivity index (χ0v) is 7.92. The Labute approximate surface area is 81.1 Å². The quantitative estimate of drug-likeness (QED) is 0.481. The number of amides is 1. The summed E-state index contributed by atoms with van der Waals surface area (Å²) in [6.07, 6.45) is 1.42. The van der Waals surface area contributed by atoms with Gasteiger partial charge in [0.05, 0.1) is 13.2 Å². The fraction of sp³-hybridized carbons (Fsp3) is 0.500. The molecule has 1 heterocycles. The molecule has 0 aromatic heterocycles. The van der Waals surface area contributed by atoms with Gasteiger partial charge < -0.3 is 9.64 Å². The first kappa shape index (κ1) is 10.1. The summed E-state index contributed by atoms with van der Waals surface area (Å²) in [4.78, 5) is 13.0. The van der Waals surface area contributed by atoms with Gasteiger partial charge in [0.15, 0.2) is 0 Å². The van der Waals surface area contributed by atoms with Gasteiger partial charge in [-0.15, -0.1) is 0 Å². The summed E-state index contributed by atoms with van der Waals surface area (Å²) in [5, 5.41) is 11.6. The minimum Gasteiger partial charge on any atom is -0.378 e. The predicted molar refractivity (Wildman–Crippen MR) is 49.7 cm³/mol. The number of rotatable bonds is 2. The summed E-state index contributed by atoms with van der Waals surface area (Å²) in [6.45, 7) is 2.48. The summed E-state index contributed by atoms with van der Waals surface area (Å²) in [5.41, 5.74) is 0. The van der Waals surface area contributed by atoms with Gasteiger partial charge in [0, 0.05) is 19.2 Å². The van der Waals surface area contributed by atoms with Crippen LogP contribution in [0.4, 0.5) is 0 Å². The van der Waals surface area contributed by atoms with Crippen LogP contribution in [0.2, 0.25) is 0 Å². The third kappa shape index (κ3) is 3.49. The zero-order valence-electron chi connectivity index (χ0n) is 7.10. The number of thioether (sulfide) groups is 1. The van der Waals surface area contributed by atoms with E-state index in [1.54, 1.807) is 4.90 Å². The molecule has 13 heavy (non-hydrogen) atoms. The van der Waals surface area contributed by atoms with Crippen molar-refractivity contribution in [3.05, 3.63) is 11.5 Å². The fourth-order valence-electron chi connectivity index (χ4n) is 1.01. The minimum atomic E-state index is -0.0500. The topological polar surface area (TPSA) is 53.3 Å². The third-order valence-electron chi connectivity index (χ3n) is 1.65. The first-order valence-electron chi connectivity index (χ1n) is 3.92. The van der Waals surface area contributed by atoms with Crippen molar-refractivity contribution in [3.8, 4) is 5.40 Å². The van der Waals surface area contributed by atoms with Crippen molar-refractivity contribution in [2.75, 3.05) is 26.3 Å². The molecule has 0 spiro atoms. The van der Waals surface area contributed by atoms with Crippen LogP contribution in [0.1, 0.15) is 0 Å². The molecule has 1 fully saturated rings. The third-order valence-corrected chi connectivity index (χ3v) is 2.03. The number of hydrogen-bond acceptors (Lipinski definition) is 4. The monoisotopic (exact) mass is 198 g/mol. The lowest BCUT2D eigenvalue weighted by Gasteiger charge is -2.25. The van der Waals surface area contributed by atoms with Gasteiger partial charge in [-0.1, -0.05) is 0 Å². The molecule has 0 aromatic carbocycles. The lowest BCUT2D eigenvalue weighted by molar-refractivity contribution is -0.129. The second-order valence-corrected chi connectivity index (χ2v) is 3.14. The van der Waals surface area contributed by atoms with Crippen molar-refractivity contribution in [2.24, 2.45) is 0 Å². The van der Waals surface area contributed by atoms with E-state index in [9.17, 15) is 4.79 Å². The van der Waals surface area contributed by atoms with Crippen molar-refractivity contribution in [2.45, 2.75) is 0 Å². The van der Waals surface area contributed by atoms with Gasteiger partial charge in [-0.2, -0.15) is 5.26 Å². The van der Waals surface area contributed by atoms with Crippen LogP contribution >= 0.6 is 11.8 Å². The maximum absolute atomic E-state index is 11.3. The van der Waals surface area contributed by atoms with Crippen LogP contribution in [0.3, 0.4) is 0 Å². The molecule has 0 radical (unpaired) electrons. The van der Waals surface area contributed by atoms with Gasteiger partial charge in [0.1, 0.15) is 5.40 Å². The van der Waals surface area contributed by atoms with Crippen LogP contribution in [0.5, 0.6) is 0 Å². The van der Waals surface area contributed by atoms with E-state index in [1.165, 1.54) is 11.5 Å². The Bertz CT molecular complexity index is 241. The molecule has 4 nitrogen and oxygen atoms in total. The molecule has 0 unspecified atom stereocenters. The van der Waals surface area contributed by atoms with Gasteiger partial charge in [-0.3, -0.25) is 4.79 Å². The second-order valence-electron chi connectivity index (χ2n) is 2.45. The van der Waals surface area contributed by atoms with E-state index >= 15 is 0 Å². The van der Waals surface area contributed by atoms with Crippen LogP contribution in [0.25, 0.3) is 0 Å². The van der Waals surface area contributed by atoms with E-state index in [4.69, 9.17) is 10.00 Å². The van der Waals surface area contributed by atoms with Crippen LogP contribution in [-0.2, 0) is 9.53 Å². The van der Waals surface area contributed by atoms with Crippen molar-refractivity contribution < 1.29 is 9.53 Å². The number of ether oxygens (including phenoxy) is 1. The standard InChI is InChI=1S/C8H10N2O2S/c9-7-13-6-1-8(11)10-2-4-12-5-3-10/h1,6H,2-5H2. The molecule has 0 aromatic rings. The molecule has 0 bridgehead atoms. The number of morpholine rings is 1. The van der Waals surface area contributed by atoms with E-state index < -0.39 is 0 Å². The molecule has 70 valence electrons. The Morgan fingerprint density at radius 2 is 2.23 bits per heavy atom. The Hall–Kier alpha value is -0.990. The Morgan fingerprint density at radius 1 is 1.54 bits per heavy atom. The average molecular weight is 198 g/mol. The Kier molecular flexibility index (Phi) is 4.36. The number of carbonyl (C=O) groups excluding carboxylic acids is 1. The molecule has 5 heteroatoms. The van der Waals surface area contributed by atoms with Crippen molar-refractivity contribution in [1.82, 2.24) is 4.90 Å². The zero-order chi connectivity index (χ0) is 9.52. The Balaban J connectivity index is 2.34. The molecule has 1 rings (SSSR count). The summed E-state index contributed by atoms with van der Waals surface area (Å²) in [5.74, 6) is -0.0500. The lowest BCUT2D eigenvalue weighted by Crippen LogP contribution is -2.39. The number of carbonyl (C=O) groups is 1. The fourth-order valence-corrected chi connectivity index (χ4v) is 1.26. The number of nitrogens with zero attached hydrogens (tertiary/aromatic N) is 2. The summed E-state index contributed by atoms with van der Waals surface area (Å²) < 4.78 is 5.10. The molecule has 0 atom stereocenters. The molecule has 1 saturated heterocycles. The van der Waals surface area contributed by atoms with E-state index in [-0.39, 0.29) is 5.91 Å². The highest BCUT2D eigenvalue weighted by Crippen LogP contribution is 2.02. The van der Waals surface area contributed by atoms with E-state index in [1.807, 2.05) is 5.40 Å². The molecule has 1 aliphatic heterocycles. The molecule has 0 aliphatic carbocycles. The van der Waals surface area contributed by atoms with E-state index in [2.05, 4.69) is 0 Å². The second kappa shape index (κ2) is 5.62. The maximum Gasteiger partial charge on any atom is 0.247 e. The van der Waals surface area contributed by atoms with Crippen LogP contribution in [-0.4, -0.2) is 37.1 Å². The Morgan fingerprint density at radius 3 is 2.85 bits per heavy atom. The van der Waals surface area contributed by atoms with Gasteiger partial charge in [0.2, 0.25) is 5.91 Å². The lowest BCUT2D eigenvalue weighted by atomic mass is 10.4. The highest BCUT2D eigenvalue weighted by Gasteiger charge is 2.13. The van der Waals surface area contributed by atoms with Gasteiger partial charge in [-0.25, -0.2) is 0 Å². The largest absolute Gasteiger partial charge is 0.378 e. The van der Waals surface area contributed by atoms with Gasteiger partial charge >= 0.3 is 0 Å². The van der Waals surface area contributed by atoms with E-state index in [0.717, 1.165) is 11.8 Å². The highest BCUT2D eigenvalue weighted by atomic mass is 32.2. The smallest absolute Gasteiger partial charge is 0.247 e.